The molecule has 2 aromatic carbocycles. The highest BCUT2D eigenvalue weighted by Crippen LogP contribution is 2.28. The van der Waals surface area contributed by atoms with Gasteiger partial charge in [0.05, 0.1) is 18.9 Å². The maximum absolute atomic E-state index is 15.4. The first-order valence-corrected chi connectivity index (χ1v) is 11.9. The van der Waals surface area contributed by atoms with Crippen LogP contribution in [0.4, 0.5) is 9.18 Å². The summed E-state index contributed by atoms with van der Waals surface area (Å²) in [6, 6.07) is 13.3. The van der Waals surface area contributed by atoms with E-state index in [9.17, 15) is 13.2 Å². The number of rotatable bonds is 6. The van der Waals surface area contributed by atoms with Crippen molar-refractivity contribution in [2.24, 2.45) is 0 Å². The third kappa shape index (κ3) is 5.37. The zero-order valence-corrected chi connectivity index (χ0v) is 18.0. The Morgan fingerprint density at radius 1 is 1.20 bits per heavy atom. The Labute approximate surface area is 177 Å². The summed E-state index contributed by atoms with van der Waals surface area (Å²) in [6.45, 7) is 2.36. The fourth-order valence-corrected chi connectivity index (χ4v) is 4.78. The van der Waals surface area contributed by atoms with Gasteiger partial charge in [-0.1, -0.05) is 48.5 Å². The average molecular weight is 435 g/mol. The van der Waals surface area contributed by atoms with Crippen LogP contribution in [0.25, 0.3) is 11.1 Å². The Balaban J connectivity index is 1.95. The van der Waals surface area contributed by atoms with Crippen LogP contribution in [0.3, 0.4) is 0 Å². The van der Waals surface area contributed by atoms with Crippen molar-refractivity contribution < 1.29 is 22.3 Å². The Morgan fingerprint density at radius 3 is 2.60 bits per heavy atom. The van der Waals surface area contributed by atoms with Crippen LogP contribution in [-0.4, -0.2) is 50.9 Å². The van der Waals surface area contributed by atoms with Crippen LogP contribution in [0.15, 0.2) is 48.5 Å². The molecule has 1 saturated heterocycles. The van der Waals surface area contributed by atoms with E-state index in [1.54, 1.807) is 25.1 Å². The number of piperidine rings is 1. The van der Waals surface area contributed by atoms with Gasteiger partial charge in [0.15, 0.2) is 0 Å². The number of amides is 1. The molecule has 0 bridgehead atoms. The number of nitrogens with one attached hydrogen (secondary N) is 1. The molecule has 0 radical (unpaired) electrons. The quantitative estimate of drug-likeness (QED) is 0.754. The SMILES string of the molecule is CCOC(=O)N1CCC[C@@H](NS(C)(=O)=O)[C@H]1Cc1cccc(-c2ccccc2)c1F. The highest BCUT2D eigenvalue weighted by molar-refractivity contribution is 7.88. The Kier molecular flexibility index (Phi) is 7.10. The van der Waals surface area contributed by atoms with E-state index in [1.165, 1.54) is 4.90 Å². The molecule has 6 nitrogen and oxygen atoms in total. The van der Waals surface area contributed by atoms with Crippen molar-refractivity contribution in [1.29, 1.82) is 0 Å². The van der Waals surface area contributed by atoms with Gasteiger partial charge in [0.1, 0.15) is 5.82 Å². The van der Waals surface area contributed by atoms with Gasteiger partial charge in [-0.25, -0.2) is 22.3 Å². The smallest absolute Gasteiger partial charge is 0.410 e. The number of likely N-dealkylation sites (tertiary alicyclic amines) is 1. The van der Waals surface area contributed by atoms with Crippen molar-refractivity contribution in [1.82, 2.24) is 9.62 Å². The van der Waals surface area contributed by atoms with E-state index in [0.717, 1.165) is 11.8 Å². The lowest BCUT2D eigenvalue weighted by Gasteiger charge is -2.40. The van der Waals surface area contributed by atoms with Crippen molar-refractivity contribution in [2.75, 3.05) is 19.4 Å². The van der Waals surface area contributed by atoms with Crippen molar-refractivity contribution in [2.45, 2.75) is 38.3 Å². The van der Waals surface area contributed by atoms with Gasteiger partial charge < -0.3 is 9.64 Å². The lowest BCUT2D eigenvalue weighted by Crippen LogP contribution is -2.57. The number of benzene rings is 2. The predicted octanol–water partition coefficient (Wildman–Crippen LogP) is 3.57. The highest BCUT2D eigenvalue weighted by atomic mass is 32.2. The standard InChI is InChI=1S/C22H27FN2O4S/c1-3-29-22(26)25-14-8-13-19(24-30(2,27)28)20(25)15-17-11-7-12-18(21(17)23)16-9-5-4-6-10-16/h4-7,9-12,19-20,24H,3,8,13-15H2,1-2H3/t19-,20-/m1/s1. The van der Waals surface area contributed by atoms with Gasteiger partial charge in [0, 0.05) is 18.2 Å². The number of carbonyl (C=O) groups excluding carboxylic acids is 1. The van der Waals surface area contributed by atoms with E-state index in [-0.39, 0.29) is 18.8 Å². The first-order valence-electron chi connectivity index (χ1n) is 10.0. The summed E-state index contributed by atoms with van der Waals surface area (Å²) in [7, 11) is -3.49. The van der Waals surface area contributed by atoms with Gasteiger partial charge in [0.2, 0.25) is 10.0 Å². The molecule has 0 aromatic heterocycles. The molecule has 3 rings (SSSR count). The monoisotopic (exact) mass is 434 g/mol. The molecule has 0 aliphatic carbocycles. The minimum absolute atomic E-state index is 0.179. The number of carbonyl (C=O) groups is 1. The molecule has 2 aromatic rings. The van der Waals surface area contributed by atoms with Crippen LogP contribution in [0.5, 0.6) is 0 Å². The van der Waals surface area contributed by atoms with Crippen LogP contribution < -0.4 is 4.72 Å². The molecule has 162 valence electrons. The number of hydrogen-bond donors (Lipinski definition) is 1. The Bertz CT molecular complexity index is 982. The molecule has 1 fully saturated rings. The fraction of sp³-hybridized carbons (Fsp3) is 0.409. The van der Waals surface area contributed by atoms with Gasteiger partial charge >= 0.3 is 6.09 Å². The third-order valence-electron chi connectivity index (χ3n) is 5.24. The molecular weight excluding hydrogens is 407 g/mol. The summed E-state index contributed by atoms with van der Waals surface area (Å²) in [5.74, 6) is -0.365. The van der Waals surface area contributed by atoms with Gasteiger partial charge in [-0.3, -0.25) is 0 Å². The predicted molar refractivity (Wildman–Crippen MR) is 114 cm³/mol. The largest absolute Gasteiger partial charge is 0.450 e. The molecule has 1 aliphatic rings. The average Bonchev–Trinajstić information content (AvgIpc) is 2.70. The van der Waals surface area contributed by atoms with Gasteiger partial charge in [-0.05, 0) is 37.3 Å². The van der Waals surface area contributed by atoms with E-state index in [4.69, 9.17) is 4.74 Å². The zero-order chi connectivity index (χ0) is 21.7. The normalized spacial score (nSPS) is 19.5. The van der Waals surface area contributed by atoms with Crippen LogP contribution >= 0.6 is 0 Å². The Morgan fingerprint density at radius 2 is 1.93 bits per heavy atom. The lowest BCUT2D eigenvalue weighted by molar-refractivity contribution is 0.0676. The van der Waals surface area contributed by atoms with E-state index >= 15 is 4.39 Å². The van der Waals surface area contributed by atoms with Crippen molar-refractivity contribution in [3.05, 3.63) is 59.9 Å². The van der Waals surface area contributed by atoms with Crippen molar-refractivity contribution in [3.8, 4) is 11.1 Å². The van der Waals surface area contributed by atoms with Crippen molar-refractivity contribution in [3.63, 3.8) is 0 Å². The second-order valence-electron chi connectivity index (χ2n) is 7.45. The van der Waals surface area contributed by atoms with Gasteiger partial charge in [0.25, 0.3) is 0 Å². The van der Waals surface area contributed by atoms with E-state index in [2.05, 4.69) is 4.72 Å². The van der Waals surface area contributed by atoms with Gasteiger partial charge in [-0.2, -0.15) is 0 Å². The van der Waals surface area contributed by atoms with E-state index in [1.807, 2.05) is 30.3 Å². The Hall–Kier alpha value is -2.45. The molecule has 2 atom stereocenters. The van der Waals surface area contributed by atoms with E-state index < -0.39 is 28.2 Å². The molecule has 1 heterocycles. The minimum atomic E-state index is -3.49. The summed E-state index contributed by atoms with van der Waals surface area (Å²) in [4.78, 5) is 14.0. The molecule has 1 aliphatic heterocycles. The minimum Gasteiger partial charge on any atom is -0.450 e. The van der Waals surface area contributed by atoms with Gasteiger partial charge in [-0.15, -0.1) is 0 Å². The number of sulfonamides is 1. The number of nitrogens with zero attached hydrogens (tertiary/aromatic N) is 1. The van der Waals surface area contributed by atoms with Crippen molar-refractivity contribution >= 4 is 16.1 Å². The topological polar surface area (TPSA) is 75.7 Å². The first kappa shape index (κ1) is 22.2. The summed E-state index contributed by atoms with van der Waals surface area (Å²) >= 11 is 0. The summed E-state index contributed by atoms with van der Waals surface area (Å²) < 4.78 is 46.9. The molecule has 0 spiro atoms. The second kappa shape index (κ2) is 9.57. The summed E-state index contributed by atoms with van der Waals surface area (Å²) in [5.41, 5.74) is 1.66. The fourth-order valence-electron chi connectivity index (χ4n) is 3.96. The molecule has 30 heavy (non-hydrogen) atoms. The van der Waals surface area contributed by atoms with Crippen LogP contribution in [-0.2, 0) is 21.2 Å². The number of hydrogen-bond acceptors (Lipinski definition) is 4. The molecule has 1 amide bonds. The molecule has 1 N–H and O–H groups in total. The molecule has 0 saturated carbocycles. The first-order chi connectivity index (χ1) is 14.3. The van der Waals surface area contributed by atoms with E-state index in [0.29, 0.717) is 30.5 Å². The third-order valence-corrected chi connectivity index (χ3v) is 5.97. The summed E-state index contributed by atoms with van der Waals surface area (Å²) in [5, 5.41) is 0. The highest BCUT2D eigenvalue weighted by Gasteiger charge is 2.37. The molecule has 0 unspecified atom stereocenters. The molecular formula is C22H27FN2O4S. The lowest BCUT2D eigenvalue weighted by atomic mass is 9.90. The maximum Gasteiger partial charge on any atom is 0.410 e. The second-order valence-corrected chi connectivity index (χ2v) is 9.23. The summed E-state index contributed by atoms with van der Waals surface area (Å²) in [6.07, 6.45) is 1.95. The van der Waals surface area contributed by atoms with Crippen LogP contribution in [0, 0.1) is 5.82 Å². The molecule has 8 heteroatoms. The maximum atomic E-state index is 15.4. The zero-order valence-electron chi connectivity index (χ0n) is 17.2. The number of halogens is 1. The van der Waals surface area contributed by atoms with Crippen LogP contribution in [0.2, 0.25) is 0 Å². The number of ether oxygens (including phenoxy) is 1. The van der Waals surface area contributed by atoms with Crippen LogP contribution in [0.1, 0.15) is 25.3 Å².